The summed E-state index contributed by atoms with van der Waals surface area (Å²) < 4.78 is 10.2. The van der Waals surface area contributed by atoms with Gasteiger partial charge in [-0.25, -0.2) is 0 Å². The number of carbonyl (C=O) groups is 3. The fourth-order valence-electron chi connectivity index (χ4n) is 1.90. The minimum atomic E-state index is -1.20. The molecule has 0 aromatic carbocycles. The van der Waals surface area contributed by atoms with Gasteiger partial charge in [-0.2, -0.15) is 0 Å². The van der Waals surface area contributed by atoms with Crippen molar-refractivity contribution in [3.8, 4) is 0 Å². The van der Waals surface area contributed by atoms with Crippen LogP contribution in [0.25, 0.3) is 0 Å². The van der Waals surface area contributed by atoms with E-state index in [1.54, 1.807) is 0 Å². The van der Waals surface area contributed by atoms with Gasteiger partial charge in [0.25, 0.3) is 0 Å². The lowest BCUT2D eigenvalue weighted by Crippen LogP contribution is -2.41. The van der Waals surface area contributed by atoms with Gasteiger partial charge in [0.1, 0.15) is 19.5 Å². The molecule has 0 unspecified atom stereocenters. The molecule has 0 amide bonds. The molecule has 0 aliphatic carbocycles. The third-order valence-corrected chi connectivity index (χ3v) is 3.69. The normalized spacial score (nSPS) is 11.1. The van der Waals surface area contributed by atoms with Crippen molar-refractivity contribution >= 4 is 18.2 Å². The first-order chi connectivity index (χ1) is 11.5. The average molecular weight is 346 g/mol. The molecule has 140 valence electrons. The number of esters is 2. The van der Waals surface area contributed by atoms with Crippen LogP contribution in [0.2, 0.25) is 0 Å². The number of ether oxygens (including phenoxy) is 2. The summed E-state index contributed by atoms with van der Waals surface area (Å²) in [7, 11) is 0. The molecule has 7 nitrogen and oxygen atoms in total. The number of aliphatic hydroxyl groups is 2. The molecule has 0 fully saturated rings. The van der Waals surface area contributed by atoms with Gasteiger partial charge in [-0.15, -0.1) is 0 Å². The smallest absolute Gasteiger partial charge is 0.305 e. The van der Waals surface area contributed by atoms with Gasteiger partial charge in [0.2, 0.25) is 0 Å². The molecule has 0 bridgehead atoms. The monoisotopic (exact) mass is 346 g/mol. The summed E-state index contributed by atoms with van der Waals surface area (Å²) in [5.74, 6) is -0.864. The van der Waals surface area contributed by atoms with E-state index in [0.717, 1.165) is 25.5 Å². The second kappa shape index (κ2) is 13.9. The zero-order valence-corrected chi connectivity index (χ0v) is 14.5. The van der Waals surface area contributed by atoms with Crippen molar-refractivity contribution in [1.82, 2.24) is 0 Å². The van der Waals surface area contributed by atoms with Gasteiger partial charge < -0.3 is 24.5 Å². The topological polar surface area (TPSA) is 110 Å². The maximum Gasteiger partial charge on any atom is 0.305 e. The summed E-state index contributed by atoms with van der Waals surface area (Å²) in [6.45, 7) is 0.660. The van der Waals surface area contributed by atoms with Crippen LogP contribution in [0.5, 0.6) is 0 Å². The van der Waals surface area contributed by atoms with Gasteiger partial charge in [-0.1, -0.05) is 19.8 Å². The Hall–Kier alpha value is -1.47. The molecule has 0 aromatic rings. The van der Waals surface area contributed by atoms with Crippen LogP contribution in [0, 0.1) is 5.41 Å². The van der Waals surface area contributed by atoms with Crippen molar-refractivity contribution in [2.45, 2.75) is 58.3 Å². The van der Waals surface area contributed by atoms with E-state index >= 15 is 0 Å². The highest BCUT2D eigenvalue weighted by Crippen LogP contribution is 2.18. The molecule has 0 rings (SSSR count). The van der Waals surface area contributed by atoms with E-state index < -0.39 is 30.6 Å². The molecule has 0 aliphatic rings. The molecule has 7 heteroatoms. The van der Waals surface area contributed by atoms with Crippen molar-refractivity contribution in [2.75, 3.05) is 26.4 Å². The number of aliphatic hydroxyl groups excluding tert-OH is 2. The van der Waals surface area contributed by atoms with Crippen molar-refractivity contribution < 1.29 is 34.1 Å². The number of hydrogen-bond acceptors (Lipinski definition) is 7. The minimum Gasteiger partial charge on any atom is -0.465 e. The Morgan fingerprint density at radius 3 is 1.83 bits per heavy atom. The van der Waals surface area contributed by atoms with Gasteiger partial charge in [-0.3, -0.25) is 9.59 Å². The van der Waals surface area contributed by atoms with E-state index in [1.165, 1.54) is 0 Å². The van der Waals surface area contributed by atoms with E-state index in [1.807, 2.05) is 6.92 Å². The van der Waals surface area contributed by atoms with Gasteiger partial charge in [0, 0.05) is 19.3 Å². The van der Waals surface area contributed by atoms with E-state index in [4.69, 9.17) is 9.47 Å². The lowest BCUT2D eigenvalue weighted by atomic mass is 9.92. The largest absolute Gasteiger partial charge is 0.465 e. The summed E-state index contributed by atoms with van der Waals surface area (Å²) in [5, 5.41) is 19.0. The maximum atomic E-state index is 11.6. The molecule has 0 aliphatic heterocycles. The van der Waals surface area contributed by atoms with Crippen LogP contribution >= 0.6 is 0 Å². The molecule has 0 saturated heterocycles. The first-order valence-electron chi connectivity index (χ1n) is 8.50. The quantitative estimate of drug-likeness (QED) is 0.262. The molecular formula is C17H30O7. The Bertz CT molecular complexity index is 364. The van der Waals surface area contributed by atoms with E-state index in [2.05, 4.69) is 0 Å². The zero-order chi connectivity index (χ0) is 18.3. The minimum absolute atomic E-state index is 0.164. The summed E-state index contributed by atoms with van der Waals surface area (Å²) in [4.78, 5) is 33.4. The van der Waals surface area contributed by atoms with Crippen LogP contribution in [0.1, 0.15) is 58.3 Å². The molecule has 2 N–H and O–H groups in total. The highest BCUT2D eigenvalue weighted by Gasteiger charge is 2.32. The Morgan fingerprint density at radius 2 is 1.42 bits per heavy atom. The maximum absolute atomic E-state index is 11.6. The Labute approximate surface area is 143 Å². The Balaban J connectivity index is 4.21. The predicted molar refractivity (Wildman–Crippen MR) is 87.2 cm³/mol. The fraction of sp³-hybridized carbons (Fsp3) is 0.824. The van der Waals surface area contributed by atoms with E-state index in [0.29, 0.717) is 19.3 Å². The van der Waals surface area contributed by atoms with E-state index in [9.17, 15) is 24.6 Å². The number of aldehydes is 1. The fourth-order valence-corrected chi connectivity index (χ4v) is 1.90. The number of hydrogen-bond donors (Lipinski definition) is 2. The van der Waals surface area contributed by atoms with Crippen LogP contribution in [-0.4, -0.2) is 54.9 Å². The van der Waals surface area contributed by atoms with Crippen LogP contribution < -0.4 is 0 Å². The predicted octanol–water partition coefficient (Wildman–Crippen LogP) is 1.38. The van der Waals surface area contributed by atoms with Crippen LogP contribution in [0.4, 0.5) is 0 Å². The van der Waals surface area contributed by atoms with E-state index in [-0.39, 0.29) is 26.1 Å². The Morgan fingerprint density at radius 1 is 0.917 bits per heavy atom. The Kier molecular flexibility index (Phi) is 13.1. The lowest BCUT2D eigenvalue weighted by Gasteiger charge is -2.28. The third kappa shape index (κ3) is 10.3. The molecule has 0 saturated carbocycles. The second-order valence-electron chi connectivity index (χ2n) is 6.01. The van der Waals surface area contributed by atoms with Crippen molar-refractivity contribution in [1.29, 1.82) is 0 Å². The summed E-state index contributed by atoms with van der Waals surface area (Å²) in [6.07, 6.45) is 5.45. The van der Waals surface area contributed by atoms with Gasteiger partial charge >= 0.3 is 11.9 Å². The first-order valence-corrected chi connectivity index (χ1v) is 8.50. The number of carbonyl (C=O) groups excluding carboxylic acids is 3. The van der Waals surface area contributed by atoms with Crippen molar-refractivity contribution in [3.63, 3.8) is 0 Å². The molecule has 0 atom stereocenters. The summed E-state index contributed by atoms with van der Waals surface area (Å²) in [5.41, 5.74) is -1.20. The van der Waals surface area contributed by atoms with Crippen LogP contribution in [-0.2, 0) is 23.9 Å². The average Bonchev–Trinajstić information content (AvgIpc) is 2.60. The molecule has 0 spiro atoms. The molecular weight excluding hydrogens is 316 g/mol. The lowest BCUT2D eigenvalue weighted by molar-refractivity contribution is -0.159. The molecule has 0 heterocycles. The van der Waals surface area contributed by atoms with Crippen molar-refractivity contribution in [2.24, 2.45) is 5.41 Å². The third-order valence-electron chi connectivity index (χ3n) is 3.69. The number of rotatable bonds is 15. The highest BCUT2D eigenvalue weighted by atomic mass is 16.5. The van der Waals surface area contributed by atoms with Crippen LogP contribution in [0.3, 0.4) is 0 Å². The second-order valence-corrected chi connectivity index (χ2v) is 6.01. The number of unbranched alkanes of at least 4 members (excludes halogenated alkanes) is 4. The van der Waals surface area contributed by atoms with Gasteiger partial charge in [0.15, 0.2) is 0 Å². The summed E-state index contributed by atoms with van der Waals surface area (Å²) in [6, 6.07) is 0. The van der Waals surface area contributed by atoms with Crippen LogP contribution in [0.15, 0.2) is 0 Å². The van der Waals surface area contributed by atoms with Crippen molar-refractivity contribution in [3.05, 3.63) is 0 Å². The molecule has 0 radical (unpaired) electrons. The van der Waals surface area contributed by atoms with Gasteiger partial charge in [0.05, 0.1) is 18.6 Å². The summed E-state index contributed by atoms with van der Waals surface area (Å²) >= 11 is 0. The molecule has 24 heavy (non-hydrogen) atoms. The first kappa shape index (κ1) is 22.5. The standard InChI is InChI=1S/C17H30O7/c1-2-3-5-8-15(21)23-13-17(11-19,12-20)14-24-16(22)9-6-4-7-10-18/h10,19-20H,2-9,11-14H2,1H3. The highest BCUT2D eigenvalue weighted by molar-refractivity contribution is 5.70. The molecule has 0 aromatic heterocycles. The van der Waals surface area contributed by atoms with Gasteiger partial charge in [-0.05, 0) is 19.3 Å². The zero-order valence-electron chi connectivity index (χ0n) is 14.5. The SMILES string of the molecule is CCCCCC(=O)OCC(CO)(CO)COC(=O)CCCCC=O.